The van der Waals surface area contributed by atoms with E-state index in [1.807, 2.05) is 48.5 Å². The minimum absolute atomic E-state index is 0. The Hall–Kier alpha value is -3.59. The van der Waals surface area contributed by atoms with Gasteiger partial charge in [0.2, 0.25) is 5.90 Å². The SMILES string of the molecule is CCN1\C(=C/C=N/N=C(\O)c2ccccc2)C(C)(Cc2cccc(OCCO)c2)c2cc(OC)ccc21.[Co]. The van der Waals surface area contributed by atoms with E-state index in [-0.39, 0.29) is 35.9 Å². The van der Waals surface area contributed by atoms with Crippen LogP contribution in [0.25, 0.3) is 0 Å². The third-order valence-corrected chi connectivity index (χ3v) is 6.56. The van der Waals surface area contributed by atoms with Crippen LogP contribution in [-0.4, -0.2) is 49.2 Å². The Morgan fingerprint density at radius 2 is 1.82 bits per heavy atom. The second kappa shape index (κ2) is 13.3. The summed E-state index contributed by atoms with van der Waals surface area (Å²) in [5, 5.41) is 27.5. The van der Waals surface area contributed by atoms with E-state index in [0.717, 1.165) is 40.6 Å². The average Bonchev–Trinajstić information content (AvgIpc) is 3.16. The number of fused-ring (bicyclic) bond motifs is 1. The van der Waals surface area contributed by atoms with Gasteiger partial charge in [0.05, 0.1) is 19.9 Å². The first-order valence-electron chi connectivity index (χ1n) is 12.3. The van der Waals surface area contributed by atoms with Crippen LogP contribution in [0.3, 0.4) is 0 Å². The van der Waals surface area contributed by atoms with E-state index in [4.69, 9.17) is 14.6 Å². The van der Waals surface area contributed by atoms with Gasteiger partial charge in [-0.2, -0.15) is 5.10 Å². The standard InChI is InChI=1S/C30H33N3O4.Co/c1-4-33-27-14-13-24(36-3)20-26(27)30(2,21-22-9-8-12-25(19-22)37-18-17-34)28(33)15-16-31-32-29(35)23-10-6-5-7-11-23;/h5-16,19-20,34H,4,17-18,21H2,1-3H3,(H,32,35);/b28-15-,31-16+;. The summed E-state index contributed by atoms with van der Waals surface area (Å²) in [5.41, 5.74) is 4.66. The second-order valence-electron chi connectivity index (χ2n) is 8.96. The van der Waals surface area contributed by atoms with E-state index in [2.05, 4.69) is 47.1 Å². The first-order valence-corrected chi connectivity index (χ1v) is 12.3. The van der Waals surface area contributed by atoms with E-state index in [0.29, 0.717) is 12.0 Å². The first kappa shape index (κ1) is 29.0. The fraction of sp³-hybridized carbons (Fsp3) is 0.267. The van der Waals surface area contributed by atoms with Crippen molar-refractivity contribution in [3.8, 4) is 11.5 Å². The summed E-state index contributed by atoms with van der Waals surface area (Å²) in [6, 6.07) is 23.2. The Morgan fingerprint density at radius 3 is 2.53 bits per heavy atom. The van der Waals surface area contributed by atoms with Gasteiger partial charge in [-0.3, -0.25) is 0 Å². The number of methoxy groups -OCH3 is 1. The van der Waals surface area contributed by atoms with Crippen LogP contribution in [0.2, 0.25) is 0 Å². The van der Waals surface area contributed by atoms with Gasteiger partial charge in [-0.25, -0.2) is 0 Å². The zero-order valence-electron chi connectivity index (χ0n) is 21.8. The summed E-state index contributed by atoms with van der Waals surface area (Å²) in [5.74, 6) is 1.39. The van der Waals surface area contributed by atoms with Crippen molar-refractivity contribution in [1.82, 2.24) is 0 Å². The molecule has 0 spiro atoms. The number of anilines is 1. The quantitative estimate of drug-likeness (QED) is 0.201. The van der Waals surface area contributed by atoms with Gasteiger partial charge in [-0.1, -0.05) is 30.3 Å². The van der Waals surface area contributed by atoms with Gasteiger partial charge in [0.15, 0.2) is 0 Å². The van der Waals surface area contributed by atoms with E-state index in [1.165, 1.54) is 0 Å². The van der Waals surface area contributed by atoms with Crippen molar-refractivity contribution in [1.29, 1.82) is 0 Å². The molecule has 1 aliphatic rings. The molecule has 3 aromatic rings. The van der Waals surface area contributed by atoms with Crippen LogP contribution in [0.4, 0.5) is 5.69 Å². The molecular formula is C30H33CoN3O4. The van der Waals surface area contributed by atoms with Crippen molar-refractivity contribution >= 4 is 17.8 Å². The van der Waals surface area contributed by atoms with Crippen LogP contribution in [0, 0.1) is 0 Å². The fourth-order valence-corrected chi connectivity index (χ4v) is 4.84. The molecule has 4 rings (SSSR count). The molecular weight excluding hydrogens is 525 g/mol. The molecule has 38 heavy (non-hydrogen) atoms. The predicted molar refractivity (Wildman–Crippen MR) is 148 cm³/mol. The maximum absolute atomic E-state index is 10.3. The van der Waals surface area contributed by atoms with Crippen LogP contribution in [0.5, 0.6) is 11.5 Å². The molecule has 1 radical (unpaired) electrons. The second-order valence-corrected chi connectivity index (χ2v) is 8.96. The molecule has 0 fully saturated rings. The molecule has 0 saturated heterocycles. The molecule has 7 nitrogen and oxygen atoms in total. The third kappa shape index (κ3) is 6.27. The Balaban J connectivity index is 0.00000400. The molecule has 0 saturated carbocycles. The number of aliphatic hydroxyl groups is 2. The molecule has 0 amide bonds. The molecule has 1 atom stereocenters. The zero-order chi connectivity index (χ0) is 26.3. The molecule has 0 aliphatic carbocycles. The summed E-state index contributed by atoms with van der Waals surface area (Å²) in [6.07, 6.45) is 4.29. The third-order valence-electron chi connectivity index (χ3n) is 6.56. The molecule has 2 N–H and O–H groups in total. The number of benzene rings is 3. The van der Waals surface area contributed by atoms with Crippen molar-refractivity contribution in [2.75, 3.05) is 31.8 Å². The van der Waals surface area contributed by atoms with Crippen LogP contribution < -0.4 is 14.4 Å². The summed E-state index contributed by atoms with van der Waals surface area (Å²) in [7, 11) is 1.67. The predicted octanol–water partition coefficient (Wildman–Crippen LogP) is 5.28. The maximum Gasteiger partial charge on any atom is 0.238 e. The van der Waals surface area contributed by atoms with Gasteiger partial charge in [-0.05, 0) is 79.9 Å². The van der Waals surface area contributed by atoms with Crippen molar-refractivity contribution in [2.24, 2.45) is 10.2 Å². The van der Waals surface area contributed by atoms with E-state index >= 15 is 0 Å². The monoisotopic (exact) mass is 558 g/mol. The summed E-state index contributed by atoms with van der Waals surface area (Å²) >= 11 is 0. The van der Waals surface area contributed by atoms with E-state index < -0.39 is 5.41 Å². The first-order chi connectivity index (χ1) is 18.0. The number of likely N-dealkylation sites (N-methyl/N-ethyl adjacent to an activating group) is 1. The van der Waals surface area contributed by atoms with E-state index in [1.54, 1.807) is 25.5 Å². The van der Waals surface area contributed by atoms with Crippen molar-refractivity contribution in [3.63, 3.8) is 0 Å². The normalized spacial score (nSPS) is 17.9. The molecule has 3 aromatic carbocycles. The van der Waals surface area contributed by atoms with Crippen molar-refractivity contribution in [2.45, 2.75) is 25.7 Å². The molecule has 0 aromatic heterocycles. The number of nitrogens with zero attached hydrogens (tertiary/aromatic N) is 3. The van der Waals surface area contributed by atoms with Crippen LogP contribution >= 0.6 is 0 Å². The minimum Gasteiger partial charge on any atom is -0.497 e. The molecule has 201 valence electrons. The molecule has 1 unspecified atom stereocenters. The zero-order valence-corrected chi connectivity index (χ0v) is 22.8. The van der Waals surface area contributed by atoms with Gasteiger partial charge in [-0.15, -0.1) is 5.10 Å². The largest absolute Gasteiger partial charge is 0.497 e. The van der Waals surface area contributed by atoms with Gasteiger partial charge < -0.3 is 24.6 Å². The van der Waals surface area contributed by atoms with Crippen LogP contribution in [0.1, 0.15) is 30.5 Å². The number of rotatable bonds is 10. The van der Waals surface area contributed by atoms with Crippen molar-refractivity contribution in [3.05, 3.63) is 101 Å². The Kier molecular flexibility index (Phi) is 10.1. The number of ether oxygens (including phenoxy) is 2. The fourth-order valence-electron chi connectivity index (χ4n) is 4.84. The summed E-state index contributed by atoms with van der Waals surface area (Å²) in [6.45, 7) is 5.32. The Labute approximate surface area is 234 Å². The molecule has 8 heteroatoms. The average molecular weight is 559 g/mol. The summed E-state index contributed by atoms with van der Waals surface area (Å²) in [4.78, 5) is 2.27. The smallest absolute Gasteiger partial charge is 0.238 e. The number of hydrogen-bond acceptors (Lipinski definition) is 6. The van der Waals surface area contributed by atoms with Crippen LogP contribution in [-0.2, 0) is 28.6 Å². The molecule has 0 bridgehead atoms. The van der Waals surface area contributed by atoms with Gasteiger partial charge >= 0.3 is 0 Å². The Bertz CT molecular complexity index is 1310. The Morgan fingerprint density at radius 1 is 1.03 bits per heavy atom. The molecule has 1 heterocycles. The van der Waals surface area contributed by atoms with Gasteiger partial charge in [0.25, 0.3) is 0 Å². The van der Waals surface area contributed by atoms with Crippen LogP contribution in [0.15, 0.2) is 94.8 Å². The molecule has 1 aliphatic heterocycles. The number of aliphatic hydroxyl groups excluding tert-OH is 2. The topological polar surface area (TPSA) is 86.9 Å². The number of hydrogen-bond donors (Lipinski definition) is 2. The van der Waals surface area contributed by atoms with Crippen molar-refractivity contribution < 1.29 is 36.5 Å². The van der Waals surface area contributed by atoms with E-state index in [9.17, 15) is 5.11 Å². The van der Waals surface area contributed by atoms with Gasteiger partial charge in [0.1, 0.15) is 18.1 Å². The minimum atomic E-state index is -0.396. The summed E-state index contributed by atoms with van der Waals surface area (Å²) < 4.78 is 11.2. The van der Waals surface area contributed by atoms with Gasteiger partial charge in [0, 0.05) is 45.7 Å². The number of allylic oxidation sites excluding steroid dienone is 2. The maximum atomic E-state index is 10.3.